The van der Waals surface area contributed by atoms with Gasteiger partial charge in [0.15, 0.2) is 0 Å². The molecule has 0 aliphatic heterocycles. The number of aryl methyl sites for hydroxylation is 1. The lowest BCUT2D eigenvalue weighted by atomic mass is 9.84. The van der Waals surface area contributed by atoms with Gasteiger partial charge in [0.25, 0.3) is 0 Å². The monoisotopic (exact) mass is 602 g/mol. The maximum absolute atomic E-state index is 6.78. The summed E-state index contributed by atoms with van der Waals surface area (Å²) >= 11 is 0. The highest BCUT2D eigenvalue weighted by Gasteiger charge is 2.21. The molecule has 224 valence electrons. The molecule has 1 heteroatoms. The van der Waals surface area contributed by atoms with Gasteiger partial charge in [-0.25, -0.2) is 0 Å². The number of hydrogen-bond donors (Lipinski definition) is 0. The Hall–Kier alpha value is -5.66. The molecule has 0 aliphatic carbocycles. The van der Waals surface area contributed by atoms with Gasteiger partial charge in [-0.05, 0) is 85.1 Å². The second-order valence-electron chi connectivity index (χ2n) is 12.7. The van der Waals surface area contributed by atoms with Crippen molar-refractivity contribution in [1.82, 2.24) is 0 Å². The Kier molecular flexibility index (Phi) is 6.64. The summed E-state index contributed by atoms with van der Waals surface area (Å²) in [5.41, 5.74) is 10.6. The first-order chi connectivity index (χ1) is 23.3. The van der Waals surface area contributed by atoms with Crippen LogP contribution in [0.4, 0.5) is 0 Å². The minimum atomic E-state index is 0.955. The van der Waals surface area contributed by atoms with Crippen LogP contribution in [0.15, 0.2) is 156 Å². The molecule has 0 atom stereocenters. The highest BCUT2D eigenvalue weighted by atomic mass is 16.3. The molecule has 0 saturated carbocycles. The molecule has 0 amide bonds. The SMILES string of the molecule is CCCCc1ccc2c(c1)oc1c(-c3c4ccccc4c(-c4cccc5ccc(-c6ccccc6)cc45)c4ccccc34)cccc12. The van der Waals surface area contributed by atoms with E-state index in [4.69, 9.17) is 4.42 Å². The average Bonchev–Trinajstić information content (AvgIpc) is 3.51. The summed E-state index contributed by atoms with van der Waals surface area (Å²) in [6, 6.07) is 55.5. The third-order valence-corrected chi connectivity index (χ3v) is 9.84. The zero-order valence-corrected chi connectivity index (χ0v) is 26.5. The van der Waals surface area contributed by atoms with E-state index in [1.54, 1.807) is 0 Å². The Morgan fingerprint density at radius 2 is 1.09 bits per heavy atom. The highest BCUT2D eigenvalue weighted by Crippen LogP contribution is 2.47. The third kappa shape index (κ3) is 4.54. The van der Waals surface area contributed by atoms with Crippen LogP contribution in [-0.4, -0.2) is 0 Å². The van der Waals surface area contributed by atoms with Gasteiger partial charge in [0, 0.05) is 21.9 Å². The zero-order valence-electron chi connectivity index (χ0n) is 26.5. The van der Waals surface area contributed by atoms with E-state index < -0.39 is 0 Å². The number of benzene rings is 8. The molecule has 1 heterocycles. The third-order valence-electron chi connectivity index (χ3n) is 9.84. The standard InChI is InChI=1S/C46H34O/c1-2-3-13-30-24-27-34-40-22-12-23-41(46(40)47-43(34)28-30)45-37-19-9-7-17-35(37)44(36-18-8-10-20-38(36)45)39-21-11-16-32-25-26-33(29-42(32)39)31-14-5-4-6-15-31/h4-12,14-29H,2-3,13H2,1H3. The summed E-state index contributed by atoms with van der Waals surface area (Å²) in [5, 5.41) is 9.79. The van der Waals surface area contributed by atoms with E-state index in [1.165, 1.54) is 89.3 Å². The van der Waals surface area contributed by atoms with Gasteiger partial charge in [-0.3, -0.25) is 0 Å². The molecular formula is C46H34O. The molecule has 1 nitrogen and oxygen atoms in total. The predicted octanol–water partition coefficient (Wildman–Crippen LogP) is 13.4. The lowest BCUT2D eigenvalue weighted by molar-refractivity contribution is 0.668. The Morgan fingerprint density at radius 1 is 0.447 bits per heavy atom. The minimum Gasteiger partial charge on any atom is -0.455 e. The second-order valence-corrected chi connectivity index (χ2v) is 12.7. The number of furan rings is 1. The van der Waals surface area contributed by atoms with Crippen molar-refractivity contribution in [2.24, 2.45) is 0 Å². The van der Waals surface area contributed by atoms with Gasteiger partial charge in [0.1, 0.15) is 11.2 Å². The van der Waals surface area contributed by atoms with Crippen LogP contribution >= 0.6 is 0 Å². The molecule has 9 aromatic rings. The normalized spacial score (nSPS) is 11.8. The van der Waals surface area contributed by atoms with E-state index in [0.29, 0.717) is 0 Å². The molecular weight excluding hydrogens is 569 g/mol. The number of rotatable bonds is 6. The summed E-state index contributed by atoms with van der Waals surface area (Å²) in [6.45, 7) is 2.24. The molecule has 0 N–H and O–H groups in total. The van der Waals surface area contributed by atoms with E-state index >= 15 is 0 Å². The van der Waals surface area contributed by atoms with Gasteiger partial charge in [-0.2, -0.15) is 0 Å². The van der Waals surface area contributed by atoms with E-state index in [-0.39, 0.29) is 0 Å². The van der Waals surface area contributed by atoms with Crippen molar-refractivity contribution in [3.63, 3.8) is 0 Å². The highest BCUT2D eigenvalue weighted by molar-refractivity contribution is 6.25. The van der Waals surface area contributed by atoms with Crippen molar-refractivity contribution in [2.45, 2.75) is 26.2 Å². The van der Waals surface area contributed by atoms with Gasteiger partial charge >= 0.3 is 0 Å². The Labute approximate surface area is 274 Å². The maximum Gasteiger partial charge on any atom is 0.143 e. The molecule has 0 unspecified atom stereocenters. The van der Waals surface area contributed by atoms with Crippen molar-refractivity contribution in [3.8, 4) is 33.4 Å². The molecule has 0 aliphatic rings. The Balaban J connectivity index is 1.34. The molecule has 0 radical (unpaired) electrons. The van der Waals surface area contributed by atoms with Crippen molar-refractivity contribution in [3.05, 3.63) is 157 Å². The van der Waals surface area contributed by atoms with Crippen LogP contribution in [0.3, 0.4) is 0 Å². The van der Waals surface area contributed by atoms with Crippen LogP contribution in [0.25, 0.3) is 87.6 Å². The fourth-order valence-corrected chi connectivity index (χ4v) is 7.59. The minimum absolute atomic E-state index is 0.955. The smallest absolute Gasteiger partial charge is 0.143 e. The fraction of sp³-hybridized carbons (Fsp3) is 0.0870. The van der Waals surface area contributed by atoms with Crippen molar-refractivity contribution >= 4 is 54.3 Å². The topological polar surface area (TPSA) is 13.1 Å². The van der Waals surface area contributed by atoms with E-state index in [9.17, 15) is 0 Å². The summed E-state index contributed by atoms with van der Waals surface area (Å²) in [6.07, 6.45) is 3.45. The van der Waals surface area contributed by atoms with Gasteiger partial charge in [0.05, 0.1) is 0 Å². The van der Waals surface area contributed by atoms with Crippen molar-refractivity contribution in [1.29, 1.82) is 0 Å². The zero-order chi connectivity index (χ0) is 31.3. The van der Waals surface area contributed by atoms with Gasteiger partial charge < -0.3 is 4.42 Å². The van der Waals surface area contributed by atoms with Crippen LogP contribution in [0.1, 0.15) is 25.3 Å². The summed E-state index contributed by atoms with van der Waals surface area (Å²) in [4.78, 5) is 0. The van der Waals surface area contributed by atoms with Crippen LogP contribution in [0.2, 0.25) is 0 Å². The number of unbranched alkanes of at least 4 members (excludes halogenated alkanes) is 1. The molecule has 0 saturated heterocycles. The molecule has 0 fully saturated rings. The predicted molar refractivity (Wildman–Crippen MR) is 201 cm³/mol. The van der Waals surface area contributed by atoms with Gasteiger partial charge in [-0.1, -0.05) is 153 Å². The molecule has 47 heavy (non-hydrogen) atoms. The van der Waals surface area contributed by atoms with E-state index in [1.807, 2.05) is 0 Å². The molecule has 0 bridgehead atoms. The van der Waals surface area contributed by atoms with Gasteiger partial charge in [-0.15, -0.1) is 0 Å². The summed E-state index contributed by atoms with van der Waals surface area (Å²) in [7, 11) is 0. The molecule has 1 aromatic heterocycles. The quantitative estimate of drug-likeness (QED) is 0.173. The first-order valence-electron chi connectivity index (χ1n) is 16.7. The van der Waals surface area contributed by atoms with Crippen molar-refractivity contribution in [2.75, 3.05) is 0 Å². The number of fused-ring (bicyclic) bond motifs is 6. The molecule has 0 spiro atoms. The Morgan fingerprint density at radius 3 is 1.81 bits per heavy atom. The molecule has 9 rings (SSSR count). The van der Waals surface area contributed by atoms with Crippen LogP contribution < -0.4 is 0 Å². The largest absolute Gasteiger partial charge is 0.455 e. The van der Waals surface area contributed by atoms with Gasteiger partial charge in [0.2, 0.25) is 0 Å². The number of para-hydroxylation sites is 1. The lowest BCUT2D eigenvalue weighted by Gasteiger charge is -2.19. The average molecular weight is 603 g/mol. The fourth-order valence-electron chi connectivity index (χ4n) is 7.59. The van der Waals surface area contributed by atoms with Crippen LogP contribution in [0.5, 0.6) is 0 Å². The number of hydrogen-bond acceptors (Lipinski definition) is 1. The second kappa shape index (κ2) is 11.3. The first-order valence-corrected chi connectivity index (χ1v) is 16.7. The first kappa shape index (κ1) is 27.6. The van der Waals surface area contributed by atoms with Crippen LogP contribution in [0, 0.1) is 0 Å². The lowest BCUT2D eigenvalue weighted by Crippen LogP contribution is -1.92. The van der Waals surface area contributed by atoms with Crippen LogP contribution in [-0.2, 0) is 6.42 Å². The van der Waals surface area contributed by atoms with E-state index in [2.05, 4.69) is 159 Å². The molecule has 8 aromatic carbocycles. The Bertz CT molecular complexity index is 2550. The summed E-state index contributed by atoms with van der Waals surface area (Å²) < 4.78 is 6.78. The van der Waals surface area contributed by atoms with Crippen molar-refractivity contribution < 1.29 is 4.42 Å². The maximum atomic E-state index is 6.78. The van der Waals surface area contributed by atoms with E-state index in [0.717, 1.165) is 23.2 Å². The summed E-state index contributed by atoms with van der Waals surface area (Å²) in [5.74, 6) is 0.